The largest absolute Gasteiger partial charge is 0.366 e. The zero-order valence-electron chi connectivity index (χ0n) is 34.6. The molecule has 4 rings (SSSR count). The lowest BCUT2D eigenvalue weighted by atomic mass is 10.0. The summed E-state index contributed by atoms with van der Waals surface area (Å²) in [5, 5.41) is 7.03. The van der Waals surface area contributed by atoms with Crippen molar-refractivity contribution in [2.75, 3.05) is 26.2 Å². The van der Waals surface area contributed by atoms with Crippen molar-refractivity contribution in [1.29, 1.82) is 0 Å². The van der Waals surface area contributed by atoms with Crippen molar-refractivity contribution >= 4 is 23.6 Å². The summed E-state index contributed by atoms with van der Waals surface area (Å²) < 4.78 is 0. The van der Waals surface area contributed by atoms with Gasteiger partial charge in [-0.25, -0.2) is 0 Å². The Morgan fingerprint density at radius 2 is 0.793 bits per heavy atom. The predicted molar refractivity (Wildman–Crippen MR) is 234 cm³/mol. The first-order chi connectivity index (χ1) is 28.3. The maximum Gasteiger partial charge on any atom is 0.248 e. The van der Waals surface area contributed by atoms with Crippen LogP contribution in [-0.4, -0.2) is 71.7 Å². The van der Waals surface area contributed by atoms with Crippen LogP contribution in [0.2, 0.25) is 0 Å². The van der Waals surface area contributed by atoms with Gasteiger partial charge >= 0.3 is 0 Å². The summed E-state index contributed by atoms with van der Waals surface area (Å²) in [7, 11) is 0. The molecule has 0 saturated heterocycles. The number of unbranched alkanes of at least 4 members (excludes halogenated alkanes) is 15. The van der Waals surface area contributed by atoms with Gasteiger partial charge in [0, 0.05) is 36.6 Å². The van der Waals surface area contributed by atoms with Gasteiger partial charge in [-0.1, -0.05) is 163 Å². The molecule has 2 atom stereocenters. The zero-order chi connectivity index (χ0) is 41.2. The summed E-state index contributed by atoms with van der Waals surface area (Å²) in [5.41, 5.74) is 13.9. The smallest absolute Gasteiger partial charge is 0.248 e. The van der Waals surface area contributed by atoms with E-state index in [0.29, 0.717) is 37.1 Å². The van der Waals surface area contributed by atoms with Gasteiger partial charge in [-0.2, -0.15) is 0 Å². The van der Waals surface area contributed by atoms with Crippen molar-refractivity contribution < 1.29 is 19.2 Å². The van der Waals surface area contributed by atoms with E-state index in [0.717, 1.165) is 49.9 Å². The van der Waals surface area contributed by atoms with E-state index in [-0.39, 0.29) is 23.9 Å². The molecule has 0 aliphatic carbocycles. The molecule has 0 fully saturated rings. The first kappa shape index (κ1) is 45.9. The fourth-order valence-corrected chi connectivity index (χ4v) is 7.56. The van der Waals surface area contributed by atoms with Crippen molar-refractivity contribution in [3.8, 4) is 0 Å². The summed E-state index contributed by atoms with van der Waals surface area (Å²) in [4.78, 5) is 53.0. The van der Waals surface area contributed by atoms with Gasteiger partial charge in [0.15, 0.2) is 0 Å². The molecule has 2 aliphatic rings. The topological polar surface area (TPSA) is 151 Å². The average Bonchev–Trinajstić information content (AvgIpc) is 3.25. The molecule has 0 bridgehead atoms. The van der Waals surface area contributed by atoms with Gasteiger partial charge in [-0.15, -0.1) is 0 Å². The van der Waals surface area contributed by atoms with Gasteiger partial charge < -0.3 is 31.9 Å². The number of nitrogens with two attached hydrogens (primary N) is 2. The molecule has 0 aromatic heterocycles. The number of hydrogen-bond acceptors (Lipinski definition) is 6. The molecule has 4 amide bonds. The lowest BCUT2D eigenvalue weighted by Crippen LogP contribution is -2.46. The lowest BCUT2D eigenvalue weighted by Gasteiger charge is -2.26. The Labute approximate surface area is 347 Å². The average molecular weight is 793 g/mol. The van der Waals surface area contributed by atoms with Crippen LogP contribution in [0.15, 0.2) is 109 Å². The first-order valence-corrected chi connectivity index (χ1v) is 21.8. The number of carbonyl (C=O) groups excluding carboxylic acids is 4. The second-order valence-electron chi connectivity index (χ2n) is 15.7. The fraction of sp³-hybridized carbons (Fsp3) is 0.500. The molecule has 2 aliphatic heterocycles. The van der Waals surface area contributed by atoms with Crippen LogP contribution in [-0.2, 0) is 32.0 Å². The van der Waals surface area contributed by atoms with Crippen LogP contribution < -0.4 is 22.1 Å². The van der Waals surface area contributed by atoms with Crippen molar-refractivity contribution in [2.24, 2.45) is 11.5 Å². The van der Waals surface area contributed by atoms with E-state index in [1.807, 2.05) is 36.4 Å². The quantitative estimate of drug-likeness (QED) is 0.0642. The number of rotatable bonds is 29. The van der Waals surface area contributed by atoms with E-state index in [9.17, 15) is 19.2 Å². The van der Waals surface area contributed by atoms with Crippen LogP contribution >= 0.6 is 0 Å². The maximum absolute atomic E-state index is 13.4. The number of benzene rings is 2. The third kappa shape index (κ3) is 17.4. The number of nitrogens with zero attached hydrogens (tertiary/aromatic N) is 2. The van der Waals surface area contributed by atoms with Gasteiger partial charge in [0.05, 0.1) is 12.1 Å². The first-order valence-electron chi connectivity index (χ1n) is 21.8. The van der Waals surface area contributed by atoms with E-state index in [1.54, 1.807) is 46.5 Å². The Morgan fingerprint density at radius 3 is 1.07 bits per heavy atom. The molecule has 314 valence electrons. The Bertz CT molecular complexity index is 1550. The maximum atomic E-state index is 13.4. The minimum Gasteiger partial charge on any atom is -0.366 e. The van der Waals surface area contributed by atoms with Crippen molar-refractivity contribution in [3.63, 3.8) is 0 Å². The molecule has 0 spiro atoms. The second-order valence-corrected chi connectivity index (χ2v) is 15.7. The normalized spacial score (nSPS) is 14.8. The number of nitrogens with one attached hydrogen (secondary N) is 2. The lowest BCUT2D eigenvalue weighted by molar-refractivity contribution is -0.131. The highest BCUT2D eigenvalue weighted by atomic mass is 16.2. The standard InChI is InChI=1S/C48H68N6O4/c49-45(55)41-27-33-53(34-28-41)47(57)43(37-39-23-17-15-18-24-39)51-31-21-13-11-9-7-5-3-1-2-4-6-8-10-12-14-22-32-52-44(38-40-25-19-16-20-26-40)48(58)54-35-29-42(30-36-54)46(50)56/h15-20,23-30,33,35,43-44,51-52H,1-14,21-22,31-32,34,36-38H2,(H2,49,55)(H2,50,56). The monoisotopic (exact) mass is 793 g/mol. The van der Waals surface area contributed by atoms with Crippen LogP contribution in [0.4, 0.5) is 0 Å². The Balaban J connectivity index is 0.964. The van der Waals surface area contributed by atoms with Crippen molar-refractivity contribution in [1.82, 2.24) is 20.4 Å². The minimum atomic E-state index is -0.477. The van der Waals surface area contributed by atoms with E-state index < -0.39 is 11.8 Å². The molecule has 58 heavy (non-hydrogen) atoms. The fourth-order valence-electron chi connectivity index (χ4n) is 7.56. The van der Waals surface area contributed by atoms with Crippen molar-refractivity contribution in [3.05, 3.63) is 120 Å². The number of amides is 4. The highest BCUT2D eigenvalue weighted by Gasteiger charge is 2.25. The summed E-state index contributed by atoms with van der Waals surface area (Å²) in [6, 6.07) is 19.5. The molecule has 0 saturated carbocycles. The zero-order valence-corrected chi connectivity index (χ0v) is 34.6. The molecule has 0 radical (unpaired) electrons. The third-order valence-corrected chi connectivity index (χ3v) is 11.1. The van der Waals surface area contributed by atoms with E-state index in [4.69, 9.17) is 11.5 Å². The molecule has 2 aromatic carbocycles. The molecule has 2 aromatic rings. The van der Waals surface area contributed by atoms with Crippen molar-refractivity contribution in [2.45, 2.75) is 128 Å². The van der Waals surface area contributed by atoms with Crippen LogP contribution in [0.1, 0.15) is 114 Å². The number of primary amides is 2. The minimum absolute atomic E-state index is 0.00830. The number of carbonyl (C=O) groups is 4. The predicted octanol–water partition coefficient (Wildman–Crippen LogP) is 7.17. The Kier molecular flexibility index (Phi) is 21.4. The van der Waals surface area contributed by atoms with Crippen LogP contribution in [0, 0.1) is 0 Å². The molecule has 6 N–H and O–H groups in total. The van der Waals surface area contributed by atoms with Gasteiger partial charge in [-0.3, -0.25) is 19.2 Å². The molecular weight excluding hydrogens is 725 g/mol. The SMILES string of the molecule is NC(=O)C1=CCN(C(=O)C(Cc2ccccc2)NCCCCCCCCCCCCCCCCCCNC(Cc2ccccc2)C(=O)N2C=CC(C(N)=O)=CC2)C=C1. The van der Waals surface area contributed by atoms with Crippen LogP contribution in [0.25, 0.3) is 0 Å². The summed E-state index contributed by atoms with van der Waals surface area (Å²) in [6.07, 6.45) is 31.2. The highest BCUT2D eigenvalue weighted by Crippen LogP contribution is 2.16. The van der Waals surface area contributed by atoms with Crippen LogP contribution in [0.3, 0.4) is 0 Å². The molecule has 10 nitrogen and oxygen atoms in total. The summed E-state index contributed by atoms with van der Waals surface area (Å²) >= 11 is 0. The molecule has 2 heterocycles. The number of hydrogen-bond donors (Lipinski definition) is 4. The highest BCUT2D eigenvalue weighted by molar-refractivity contribution is 5.96. The summed E-state index contributed by atoms with van der Waals surface area (Å²) in [5.74, 6) is -0.937. The van der Waals surface area contributed by atoms with Gasteiger partial charge in [0.1, 0.15) is 0 Å². The van der Waals surface area contributed by atoms with Crippen LogP contribution in [0.5, 0.6) is 0 Å². The van der Waals surface area contributed by atoms with Gasteiger partial charge in [0.2, 0.25) is 23.6 Å². The Hall–Kier alpha value is -4.80. The molecule has 10 heteroatoms. The van der Waals surface area contributed by atoms with Gasteiger partial charge in [-0.05, 0) is 62.1 Å². The second kappa shape index (κ2) is 27.0. The third-order valence-electron chi connectivity index (χ3n) is 11.1. The molecule has 2 unspecified atom stereocenters. The van der Waals surface area contributed by atoms with E-state index in [1.165, 1.54) is 77.0 Å². The van der Waals surface area contributed by atoms with E-state index in [2.05, 4.69) is 34.9 Å². The molecular formula is C48H68N6O4. The van der Waals surface area contributed by atoms with E-state index >= 15 is 0 Å². The summed E-state index contributed by atoms with van der Waals surface area (Å²) in [6.45, 7) is 2.31. The van der Waals surface area contributed by atoms with Gasteiger partial charge in [0.25, 0.3) is 0 Å². The Morgan fingerprint density at radius 1 is 0.483 bits per heavy atom.